The highest BCUT2D eigenvalue weighted by Crippen LogP contribution is 2.32. The third-order valence-corrected chi connectivity index (χ3v) is 2.81. The normalized spacial score (nSPS) is 15.6. The number of amides is 1. The van der Waals surface area contributed by atoms with Gasteiger partial charge in [-0.15, -0.1) is 0 Å². The third-order valence-electron chi connectivity index (χ3n) is 2.81. The lowest BCUT2D eigenvalue weighted by molar-refractivity contribution is -0.117. The highest BCUT2D eigenvalue weighted by atomic mass is 16.2. The molecule has 2 rings (SSSR count). The van der Waals surface area contributed by atoms with E-state index in [-0.39, 0.29) is 5.91 Å². The van der Waals surface area contributed by atoms with Crippen molar-refractivity contribution in [3.63, 3.8) is 0 Å². The van der Waals surface area contributed by atoms with E-state index in [0.717, 1.165) is 16.9 Å². The van der Waals surface area contributed by atoms with Crippen molar-refractivity contribution in [2.75, 3.05) is 17.3 Å². The van der Waals surface area contributed by atoms with E-state index in [1.54, 1.807) is 11.8 Å². The fourth-order valence-electron chi connectivity index (χ4n) is 1.98. The van der Waals surface area contributed by atoms with Gasteiger partial charge in [-0.2, -0.15) is 5.26 Å². The fraction of sp³-hybridized carbons (Fsp3) is 0.333. The number of carbonyl (C=O) groups is 1. The van der Waals surface area contributed by atoms with E-state index in [1.807, 2.05) is 25.2 Å². The first-order valence-corrected chi connectivity index (χ1v) is 5.19. The Morgan fingerprint density at radius 2 is 2.31 bits per heavy atom. The van der Waals surface area contributed by atoms with Crippen molar-refractivity contribution in [3.05, 3.63) is 23.8 Å². The minimum atomic E-state index is -0.408. The van der Waals surface area contributed by atoms with Crippen LogP contribution in [0, 0.1) is 11.3 Å². The number of nitrogens with zero attached hydrogens (tertiary/aromatic N) is 2. The number of nitriles is 1. The summed E-state index contributed by atoms with van der Waals surface area (Å²) < 4.78 is 0. The number of fused-ring (bicyclic) bond motifs is 1. The minimum Gasteiger partial charge on any atom is -0.388 e. The van der Waals surface area contributed by atoms with Gasteiger partial charge >= 0.3 is 0 Å². The van der Waals surface area contributed by atoms with Gasteiger partial charge in [0.1, 0.15) is 6.04 Å². The number of benzene rings is 1. The number of rotatable bonds is 2. The molecule has 1 atom stereocenters. The summed E-state index contributed by atoms with van der Waals surface area (Å²) in [7, 11) is 1.84. The maximum absolute atomic E-state index is 11.8. The summed E-state index contributed by atoms with van der Waals surface area (Å²) in [6, 6.07) is 7.44. The van der Waals surface area contributed by atoms with Crippen LogP contribution in [0.1, 0.15) is 12.5 Å². The van der Waals surface area contributed by atoms with E-state index in [1.165, 1.54) is 0 Å². The monoisotopic (exact) mass is 215 g/mol. The summed E-state index contributed by atoms with van der Waals surface area (Å²) in [4.78, 5) is 13.3. The fourth-order valence-corrected chi connectivity index (χ4v) is 1.98. The smallest absolute Gasteiger partial charge is 0.232 e. The van der Waals surface area contributed by atoms with E-state index in [4.69, 9.17) is 5.26 Å². The first-order valence-electron chi connectivity index (χ1n) is 5.19. The second-order valence-electron chi connectivity index (χ2n) is 3.84. The minimum absolute atomic E-state index is 0.00250. The molecule has 1 unspecified atom stereocenters. The van der Waals surface area contributed by atoms with Crippen molar-refractivity contribution in [3.8, 4) is 6.07 Å². The van der Waals surface area contributed by atoms with Crippen LogP contribution in [0.4, 0.5) is 11.4 Å². The molecule has 0 aliphatic carbocycles. The molecule has 1 aliphatic heterocycles. The Balaban J connectivity index is 2.43. The molecule has 0 bridgehead atoms. The summed E-state index contributed by atoms with van der Waals surface area (Å²) >= 11 is 0. The van der Waals surface area contributed by atoms with Crippen molar-refractivity contribution < 1.29 is 4.79 Å². The second-order valence-corrected chi connectivity index (χ2v) is 3.84. The van der Waals surface area contributed by atoms with Crippen LogP contribution in [0.15, 0.2) is 18.2 Å². The zero-order valence-corrected chi connectivity index (χ0v) is 9.32. The van der Waals surface area contributed by atoms with Gasteiger partial charge in [-0.1, -0.05) is 0 Å². The van der Waals surface area contributed by atoms with Gasteiger partial charge in [0.05, 0.1) is 12.5 Å². The number of carbonyl (C=O) groups excluding carboxylic acids is 1. The van der Waals surface area contributed by atoms with Crippen LogP contribution in [0.25, 0.3) is 0 Å². The second kappa shape index (κ2) is 3.86. The molecule has 0 saturated heterocycles. The molecule has 0 saturated carbocycles. The molecule has 0 spiro atoms. The molecule has 0 radical (unpaired) electrons. The van der Waals surface area contributed by atoms with Crippen LogP contribution in [-0.2, 0) is 11.2 Å². The van der Waals surface area contributed by atoms with E-state index in [9.17, 15) is 4.79 Å². The molecule has 0 aromatic heterocycles. The predicted molar refractivity (Wildman–Crippen MR) is 62.3 cm³/mol. The van der Waals surface area contributed by atoms with Gasteiger partial charge in [-0.3, -0.25) is 9.69 Å². The van der Waals surface area contributed by atoms with E-state index < -0.39 is 6.04 Å². The largest absolute Gasteiger partial charge is 0.388 e. The SMILES string of the molecule is CNc1ccc2c(c1)CC(=O)N2C(C)C#N. The Morgan fingerprint density at radius 1 is 1.56 bits per heavy atom. The van der Waals surface area contributed by atoms with Gasteiger partial charge in [0.15, 0.2) is 0 Å². The lowest BCUT2D eigenvalue weighted by atomic mass is 10.1. The van der Waals surface area contributed by atoms with Crippen molar-refractivity contribution in [2.24, 2.45) is 0 Å². The van der Waals surface area contributed by atoms with Crippen LogP contribution in [0.3, 0.4) is 0 Å². The zero-order chi connectivity index (χ0) is 11.7. The Morgan fingerprint density at radius 3 is 2.94 bits per heavy atom. The van der Waals surface area contributed by atoms with E-state index >= 15 is 0 Å². The number of hydrogen-bond donors (Lipinski definition) is 1. The molecule has 4 nitrogen and oxygen atoms in total. The molecule has 1 aliphatic rings. The molecule has 1 N–H and O–H groups in total. The van der Waals surface area contributed by atoms with Gasteiger partial charge in [-0.25, -0.2) is 0 Å². The van der Waals surface area contributed by atoms with E-state index in [0.29, 0.717) is 6.42 Å². The number of nitrogens with one attached hydrogen (secondary N) is 1. The highest BCUT2D eigenvalue weighted by molar-refractivity contribution is 6.02. The van der Waals surface area contributed by atoms with Gasteiger partial charge in [-0.05, 0) is 30.7 Å². The summed E-state index contributed by atoms with van der Waals surface area (Å²) in [5, 5.41) is 11.9. The standard InChI is InChI=1S/C12H13N3O/c1-8(7-13)15-11-4-3-10(14-2)5-9(11)6-12(15)16/h3-5,8,14H,6H2,1-2H3. The third kappa shape index (κ3) is 1.50. The van der Waals surface area contributed by atoms with Crippen LogP contribution in [0.2, 0.25) is 0 Å². The van der Waals surface area contributed by atoms with Crippen molar-refractivity contribution in [1.29, 1.82) is 5.26 Å². The molecule has 1 amide bonds. The van der Waals surface area contributed by atoms with Crippen LogP contribution >= 0.6 is 0 Å². The first-order chi connectivity index (χ1) is 7.67. The lowest BCUT2D eigenvalue weighted by Crippen LogP contribution is -2.34. The first kappa shape index (κ1) is 10.5. The maximum Gasteiger partial charge on any atom is 0.232 e. The van der Waals surface area contributed by atoms with Crippen LogP contribution in [-0.4, -0.2) is 19.0 Å². The molecule has 16 heavy (non-hydrogen) atoms. The number of anilines is 2. The summed E-state index contributed by atoms with van der Waals surface area (Å²) in [6.45, 7) is 1.74. The van der Waals surface area contributed by atoms with E-state index in [2.05, 4.69) is 11.4 Å². The molecular formula is C12H13N3O. The molecular weight excluding hydrogens is 202 g/mol. The Bertz CT molecular complexity index is 476. The average Bonchev–Trinajstić information content (AvgIpc) is 2.62. The Labute approximate surface area is 94.5 Å². The summed E-state index contributed by atoms with van der Waals surface area (Å²) in [5.41, 5.74) is 2.83. The molecule has 1 aromatic carbocycles. The predicted octanol–water partition coefficient (Wildman–Crippen LogP) is 1.53. The molecule has 4 heteroatoms. The quantitative estimate of drug-likeness (QED) is 0.814. The Kier molecular flexibility index (Phi) is 2.53. The maximum atomic E-state index is 11.8. The molecule has 0 fully saturated rings. The molecule has 1 aromatic rings. The topological polar surface area (TPSA) is 56.1 Å². The summed E-state index contributed by atoms with van der Waals surface area (Å²) in [5.74, 6) is -0.00250. The molecule has 82 valence electrons. The average molecular weight is 215 g/mol. The van der Waals surface area contributed by atoms with Crippen LogP contribution < -0.4 is 10.2 Å². The van der Waals surface area contributed by atoms with Crippen molar-refractivity contribution >= 4 is 17.3 Å². The van der Waals surface area contributed by atoms with Crippen molar-refractivity contribution in [1.82, 2.24) is 0 Å². The lowest BCUT2D eigenvalue weighted by Gasteiger charge is -2.19. The Hall–Kier alpha value is -2.02. The number of hydrogen-bond acceptors (Lipinski definition) is 3. The molecule has 1 heterocycles. The van der Waals surface area contributed by atoms with Gasteiger partial charge in [0, 0.05) is 18.4 Å². The van der Waals surface area contributed by atoms with Gasteiger partial charge in [0.25, 0.3) is 0 Å². The van der Waals surface area contributed by atoms with Crippen molar-refractivity contribution in [2.45, 2.75) is 19.4 Å². The highest BCUT2D eigenvalue weighted by Gasteiger charge is 2.30. The van der Waals surface area contributed by atoms with Gasteiger partial charge in [0.2, 0.25) is 5.91 Å². The summed E-state index contributed by atoms with van der Waals surface area (Å²) in [6.07, 6.45) is 0.386. The van der Waals surface area contributed by atoms with Crippen LogP contribution in [0.5, 0.6) is 0 Å². The van der Waals surface area contributed by atoms with Gasteiger partial charge < -0.3 is 5.32 Å². The zero-order valence-electron chi connectivity index (χ0n) is 9.32.